The van der Waals surface area contributed by atoms with Crippen molar-refractivity contribution in [3.05, 3.63) is 24.2 Å². The molecular weight excluding hydrogens is 777 g/mol. The van der Waals surface area contributed by atoms with Crippen molar-refractivity contribution in [2.45, 2.75) is 264 Å². The van der Waals surface area contributed by atoms with E-state index in [-0.39, 0.29) is 23.9 Å². The molecule has 1 rings (SSSR count). The van der Waals surface area contributed by atoms with Crippen molar-refractivity contribution in [1.82, 2.24) is 10.2 Å². The van der Waals surface area contributed by atoms with E-state index >= 15 is 0 Å². The van der Waals surface area contributed by atoms with Crippen LogP contribution in [0.15, 0.2) is 22.8 Å². The Bertz CT molecular complexity index is 1110. The molecule has 0 fully saturated rings. The zero-order chi connectivity index (χ0) is 45.0. The van der Waals surface area contributed by atoms with Crippen LogP contribution in [0.1, 0.15) is 262 Å². The number of nitrogens with zero attached hydrogens (tertiary/aromatic N) is 1. The van der Waals surface area contributed by atoms with Crippen LogP contribution in [0.2, 0.25) is 0 Å². The number of ether oxygens (including phenoxy) is 2. The van der Waals surface area contributed by atoms with Gasteiger partial charge in [0.05, 0.1) is 19.0 Å². The fraction of sp³-hybridized carbons (Fsp3) is 0.868. The van der Waals surface area contributed by atoms with E-state index < -0.39 is 6.10 Å². The Morgan fingerprint density at radius 3 is 1.60 bits per heavy atom. The Morgan fingerprint density at radius 2 is 1.05 bits per heavy atom. The van der Waals surface area contributed by atoms with Crippen LogP contribution in [0.5, 0.6) is 0 Å². The van der Waals surface area contributed by atoms with Gasteiger partial charge in [-0.15, -0.1) is 0 Å². The molecule has 1 atom stereocenters. The van der Waals surface area contributed by atoms with Gasteiger partial charge in [0.15, 0.2) is 5.76 Å². The summed E-state index contributed by atoms with van der Waals surface area (Å²) >= 11 is 0. The van der Waals surface area contributed by atoms with E-state index in [0.717, 1.165) is 116 Å². The lowest BCUT2D eigenvalue weighted by molar-refractivity contribution is -0.150. The zero-order valence-corrected chi connectivity index (χ0v) is 40.7. The lowest BCUT2D eigenvalue weighted by Crippen LogP contribution is -2.34. The predicted octanol–water partition coefficient (Wildman–Crippen LogP) is 14.2. The fourth-order valence-corrected chi connectivity index (χ4v) is 8.28. The van der Waals surface area contributed by atoms with Gasteiger partial charge in [0.2, 0.25) is 0 Å². The van der Waals surface area contributed by atoms with Gasteiger partial charge in [-0.1, -0.05) is 162 Å². The molecule has 0 radical (unpaired) electrons. The minimum absolute atomic E-state index is 0.0147. The summed E-state index contributed by atoms with van der Waals surface area (Å²) in [5, 5.41) is 13.9. The predicted molar refractivity (Wildman–Crippen MR) is 258 cm³/mol. The molecule has 1 aromatic rings. The van der Waals surface area contributed by atoms with E-state index in [1.807, 2.05) is 0 Å². The van der Waals surface area contributed by atoms with Gasteiger partial charge in [-0.05, 0) is 102 Å². The zero-order valence-electron chi connectivity index (χ0n) is 40.7. The van der Waals surface area contributed by atoms with E-state index in [9.17, 15) is 19.5 Å². The summed E-state index contributed by atoms with van der Waals surface area (Å²) in [6, 6.07) is 3.36. The molecule has 0 aliphatic carbocycles. The summed E-state index contributed by atoms with van der Waals surface area (Å²) in [4.78, 5) is 39.7. The third kappa shape index (κ3) is 37.0. The van der Waals surface area contributed by atoms with E-state index in [4.69, 9.17) is 13.9 Å². The number of hydrogen-bond acceptors (Lipinski definition) is 8. The van der Waals surface area contributed by atoms with Crippen LogP contribution in [0.3, 0.4) is 0 Å². The number of nitrogens with one attached hydrogen (secondary N) is 1. The van der Waals surface area contributed by atoms with Crippen LogP contribution < -0.4 is 5.32 Å². The molecule has 0 aliphatic heterocycles. The first kappa shape index (κ1) is 57.6. The summed E-state index contributed by atoms with van der Waals surface area (Å²) in [6.45, 7) is 10.3. The number of carbonyl (C=O) groups excluding carboxylic acids is 3. The maximum absolute atomic E-state index is 12.9. The highest BCUT2D eigenvalue weighted by Crippen LogP contribution is 2.19. The van der Waals surface area contributed by atoms with Gasteiger partial charge < -0.3 is 29.2 Å². The number of aliphatic hydroxyl groups excluding tert-OH is 1. The van der Waals surface area contributed by atoms with Crippen LogP contribution in [-0.2, 0) is 19.1 Å². The molecule has 9 nitrogen and oxygen atoms in total. The minimum atomic E-state index is -0.427. The van der Waals surface area contributed by atoms with E-state index in [2.05, 4.69) is 31.0 Å². The molecule has 1 aromatic heterocycles. The van der Waals surface area contributed by atoms with Crippen LogP contribution in [0.25, 0.3) is 0 Å². The molecule has 9 heteroatoms. The molecule has 1 heterocycles. The SMILES string of the molecule is CCCCCCCCCCCOC(=O)CCCCCN(CCCCCCCC(=O)OC(CCCCCCCC)CCCCCCCC)CC(O)CCCCNC(=O)c1ccco1. The molecule has 0 saturated carbocycles. The van der Waals surface area contributed by atoms with E-state index in [1.165, 1.54) is 115 Å². The van der Waals surface area contributed by atoms with Gasteiger partial charge in [0.1, 0.15) is 6.10 Å². The van der Waals surface area contributed by atoms with Gasteiger partial charge >= 0.3 is 11.9 Å². The Balaban J connectivity index is 2.39. The van der Waals surface area contributed by atoms with Gasteiger partial charge in [-0.3, -0.25) is 14.4 Å². The van der Waals surface area contributed by atoms with Gasteiger partial charge in [-0.25, -0.2) is 0 Å². The lowest BCUT2D eigenvalue weighted by Gasteiger charge is -2.25. The third-order valence-electron chi connectivity index (χ3n) is 12.2. The molecule has 2 N–H and O–H groups in total. The second kappa shape index (κ2) is 43.8. The lowest BCUT2D eigenvalue weighted by atomic mass is 10.0. The van der Waals surface area contributed by atoms with Gasteiger partial charge in [0, 0.05) is 25.9 Å². The summed E-state index contributed by atoms with van der Waals surface area (Å²) < 4.78 is 16.7. The van der Waals surface area contributed by atoms with Crippen molar-refractivity contribution in [2.75, 3.05) is 32.8 Å². The summed E-state index contributed by atoms with van der Waals surface area (Å²) in [5.74, 6) is 0.0149. The number of esters is 2. The average molecular weight is 875 g/mol. The second-order valence-corrected chi connectivity index (χ2v) is 18.3. The largest absolute Gasteiger partial charge is 0.466 e. The van der Waals surface area contributed by atoms with Crippen LogP contribution in [-0.4, -0.2) is 72.8 Å². The topological polar surface area (TPSA) is 118 Å². The van der Waals surface area contributed by atoms with Crippen molar-refractivity contribution < 1.29 is 33.4 Å². The molecular formula is C53H98N2O7. The molecule has 1 unspecified atom stereocenters. The smallest absolute Gasteiger partial charge is 0.306 e. The Hall–Kier alpha value is -2.39. The number of hydrogen-bond donors (Lipinski definition) is 2. The van der Waals surface area contributed by atoms with Crippen molar-refractivity contribution in [3.8, 4) is 0 Å². The molecule has 0 saturated heterocycles. The minimum Gasteiger partial charge on any atom is -0.466 e. The van der Waals surface area contributed by atoms with E-state index in [1.54, 1.807) is 12.1 Å². The van der Waals surface area contributed by atoms with Gasteiger partial charge in [-0.2, -0.15) is 0 Å². The van der Waals surface area contributed by atoms with Crippen molar-refractivity contribution >= 4 is 17.8 Å². The second-order valence-electron chi connectivity index (χ2n) is 18.3. The maximum Gasteiger partial charge on any atom is 0.306 e. The van der Waals surface area contributed by atoms with Crippen molar-refractivity contribution in [3.63, 3.8) is 0 Å². The number of carbonyl (C=O) groups is 3. The third-order valence-corrected chi connectivity index (χ3v) is 12.2. The van der Waals surface area contributed by atoms with E-state index in [0.29, 0.717) is 44.7 Å². The number of amides is 1. The molecule has 62 heavy (non-hydrogen) atoms. The first-order valence-corrected chi connectivity index (χ1v) is 26.5. The molecule has 1 amide bonds. The first-order valence-electron chi connectivity index (χ1n) is 26.5. The van der Waals surface area contributed by atoms with Crippen LogP contribution >= 0.6 is 0 Å². The fourth-order valence-electron chi connectivity index (χ4n) is 8.28. The number of unbranched alkanes of at least 4 members (excludes halogenated alkanes) is 25. The van der Waals surface area contributed by atoms with Crippen LogP contribution in [0, 0.1) is 0 Å². The first-order chi connectivity index (χ1) is 30.4. The van der Waals surface area contributed by atoms with Crippen molar-refractivity contribution in [2.24, 2.45) is 0 Å². The Labute approximate surface area is 381 Å². The average Bonchev–Trinajstić information content (AvgIpc) is 3.81. The normalized spacial score (nSPS) is 12.0. The molecule has 362 valence electrons. The Morgan fingerprint density at radius 1 is 0.581 bits per heavy atom. The molecule has 0 bridgehead atoms. The number of furan rings is 1. The summed E-state index contributed by atoms with van der Waals surface area (Å²) in [7, 11) is 0. The highest BCUT2D eigenvalue weighted by molar-refractivity contribution is 5.91. The quantitative estimate of drug-likeness (QED) is 0.0491. The number of rotatable bonds is 47. The molecule has 0 aliphatic rings. The van der Waals surface area contributed by atoms with Crippen molar-refractivity contribution in [1.29, 1.82) is 0 Å². The molecule has 0 spiro atoms. The summed E-state index contributed by atoms with van der Waals surface area (Å²) in [5.41, 5.74) is 0. The highest BCUT2D eigenvalue weighted by atomic mass is 16.5. The number of aliphatic hydroxyl groups is 1. The monoisotopic (exact) mass is 875 g/mol. The Kier molecular flexibility index (Phi) is 40.7. The standard InChI is InChI=1S/C53H98N2O7/c1-4-7-10-13-16-17-18-24-34-45-61-51(57)40-29-25-33-44-55(47-48(56)36-30-31-42-54-53(59)50-39-35-46-60-50)43-32-23-19-22-28-41-52(58)62-49(37-26-20-14-11-8-5-2)38-27-21-15-12-9-6-3/h35,39,46,48-49,56H,4-34,36-38,40-45,47H2,1-3H3,(H,54,59). The maximum atomic E-state index is 12.9. The highest BCUT2D eigenvalue weighted by Gasteiger charge is 2.16. The van der Waals surface area contributed by atoms with Crippen LogP contribution in [0.4, 0.5) is 0 Å². The van der Waals surface area contributed by atoms with Gasteiger partial charge in [0.25, 0.3) is 5.91 Å². The molecule has 0 aromatic carbocycles. The summed E-state index contributed by atoms with van der Waals surface area (Å²) in [6.07, 6.45) is 40.8.